The molecule has 10 rings (SSSR count). The second-order valence-corrected chi connectivity index (χ2v) is 16.8. The van der Waals surface area contributed by atoms with Crippen molar-refractivity contribution in [3.05, 3.63) is 199 Å². The summed E-state index contributed by atoms with van der Waals surface area (Å²) in [6.45, 7) is 2.86. The van der Waals surface area contributed by atoms with Crippen LogP contribution in [0.15, 0.2) is 146 Å². The van der Waals surface area contributed by atoms with E-state index in [9.17, 15) is 31.9 Å². The minimum atomic E-state index is -4.59. The molecule has 7 aromatic carbocycles. The molecule has 3 heterocycles. The van der Waals surface area contributed by atoms with Gasteiger partial charge in [-0.05, 0) is 124 Å². The Hall–Kier alpha value is -7.80. The average Bonchev–Trinajstić information content (AvgIpc) is 4.16. The number of nitrogens with one attached hydrogen (secondary N) is 3. The highest BCUT2D eigenvalue weighted by molar-refractivity contribution is 14.1. The van der Waals surface area contributed by atoms with Crippen LogP contribution in [0, 0.1) is 16.3 Å². The monoisotopic (exact) mass is 1070 g/mol. The topological polar surface area (TPSA) is 143 Å². The number of hydrogen-bond donors (Lipinski definition) is 3. The molecular formula is C53H42F4IN3O9. The summed E-state index contributed by atoms with van der Waals surface area (Å²) in [5, 5.41) is 8.21. The van der Waals surface area contributed by atoms with Crippen molar-refractivity contribution >= 4 is 40.3 Å². The lowest BCUT2D eigenvalue weighted by atomic mass is 9.99. The van der Waals surface area contributed by atoms with E-state index in [1.54, 1.807) is 42.5 Å². The number of carbonyl (C=O) groups is 3. The highest BCUT2D eigenvalue weighted by Crippen LogP contribution is 2.36. The fourth-order valence-electron chi connectivity index (χ4n) is 7.44. The van der Waals surface area contributed by atoms with Gasteiger partial charge < -0.3 is 44.4 Å². The highest BCUT2D eigenvalue weighted by Gasteiger charge is 2.36. The van der Waals surface area contributed by atoms with E-state index in [1.807, 2.05) is 101 Å². The molecule has 3 aliphatic rings. The molecule has 0 aliphatic carbocycles. The van der Waals surface area contributed by atoms with Crippen molar-refractivity contribution in [1.29, 1.82) is 0 Å². The molecule has 17 heteroatoms. The second-order valence-electron chi connectivity index (χ2n) is 15.6. The van der Waals surface area contributed by atoms with Gasteiger partial charge in [0.05, 0.1) is 16.7 Å². The van der Waals surface area contributed by atoms with Crippen LogP contribution in [0.3, 0.4) is 0 Å². The van der Waals surface area contributed by atoms with Crippen LogP contribution in [0.25, 0.3) is 11.1 Å². The fraction of sp³-hybridized carbons (Fsp3) is 0.151. The van der Waals surface area contributed by atoms with Gasteiger partial charge in [0.15, 0.2) is 34.5 Å². The zero-order chi connectivity index (χ0) is 49.2. The van der Waals surface area contributed by atoms with Crippen molar-refractivity contribution in [2.75, 3.05) is 20.4 Å². The van der Waals surface area contributed by atoms with Gasteiger partial charge in [-0.1, -0.05) is 84.9 Å². The van der Waals surface area contributed by atoms with Crippen LogP contribution in [-0.4, -0.2) is 38.1 Å². The minimum Gasteiger partial charge on any atom is -0.454 e. The molecule has 7 aromatic rings. The zero-order valence-electron chi connectivity index (χ0n) is 37.2. The van der Waals surface area contributed by atoms with Crippen LogP contribution in [0.5, 0.6) is 34.5 Å². The van der Waals surface area contributed by atoms with E-state index >= 15 is 0 Å². The molecule has 3 amide bonds. The Morgan fingerprint density at radius 2 is 0.971 bits per heavy atom. The molecule has 0 bridgehead atoms. The van der Waals surface area contributed by atoms with Gasteiger partial charge in [-0.15, -0.1) is 0 Å². The predicted octanol–water partition coefficient (Wildman–Crippen LogP) is 10.8. The Kier molecular flexibility index (Phi) is 15.4. The predicted molar refractivity (Wildman–Crippen MR) is 258 cm³/mol. The third kappa shape index (κ3) is 11.9. The zero-order valence-corrected chi connectivity index (χ0v) is 39.3. The molecule has 3 aliphatic heterocycles. The van der Waals surface area contributed by atoms with Crippen LogP contribution >= 0.6 is 22.6 Å². The van der Waals surface area contributed by atoms with Crippen LogP contribution in [0.2, 0.25) is 0 Å². The van der Waals surface area contributed by atoms with Gasteiger partial charge in [-0.2, -0.15) is 13.2 Å². The van der Waals surface area contributed by atoms with E-state index < -0.39 is 29.4 Å². The number of aryl methyl sites for hydroxylation is 1. The maximum atomic E-state index is 13.7. The second kappa shape index (κ2) is 22.1. The van der Waals surface area contributed by atoms with E-state index in [0.717, 1.165) is 39.8 Å². The molecule has 0 spiro atoms. The molecule has 12 nitrogen and oxygen atoms in total. The third-order valence-corrected chi connectivity index (χ3v) is 11.8. The van der Waals surface area contributed by atoms with Crippen molar-refractivity contribution in [1.82, 2.24) is 16.0 Å². The van der Waals surface area contributed by atoms with Crippen molar-refractivity contribution in [3.63, 3.8) is 0 Å². The van der Waals surface area contributed by atoms with Gasteiger partial charge in [0.2, 0.25) is 20.4 Å². The number of carbonyl (C=O) groups excluding carboxylic acids is 3. The molecule has 0 saturated carbocycles. The molecule has 0 atom stereocenters. The van der Waals surface area contributed by atoms with Crippen molar-refractivity contribution in [2.24, 2.45) is 0 Å². The number of hydrogen-bond acceptors (Lipinski definition) is 9. The Morgan fingerprint density at radius 1 is 0.514 bits per heavy atom. The van der Waals surface area contributed by atoms with Crippen molar-refractivity contribution < 1.29 is 60.4 Å². The standard InChI is InChI=1S/C21H17NO3.C17H14F3NO3.C15H11FINO3/c23-21(22-13-15-10-11-19-20(12-15)25-14-24-19)18-9-5-4-8-17(18)16-6-2-1-3-7-16;1-10-3-2-4-12(17(18,19)20)15(10)16(22)21-8-11-5-6-13-14(7-11)24-9-23-13;16-10-2-1-3-11(17)14(10)15(19)18-7-9-4-5-12-13(6-9)21-8-20-12/h1-12H,13-14H2,(H,22,23);2-7H,8-9H2,1H3,(H,21,22);1-6H,7-8H2,(H,18,19). The molecule has 0 radical (unpaired) electrons. The Bertz CT molecular complexity index is 3020. The lowest BCUT2D eigenvalue weighted by Gasteiger charge is -2.15. The summed E-state index contributed by atoms with van der Waals surface area (Å²) >= 11 is 1.94. The van der Waals surface area contributed by atoms with Gasteiger partial charge in [0.25, 0.3) is 17.7 Å². The number of halogens is 5. The maximum Gasteiger partial charge on any atom is 0.417 e. The van der Waals surface area contributed by atoms with Crippen LogP contribution in [0.4, 0.5) is 17.6 Å². The fourth-order valence-corrected chi connectivity index (χ4v) is 8.15. The molecule has 0 fully saturated rings. The first-order chi connectivity index (χ1) is 33.8. The number of ether oxygens (including phenoxy) is 6. The van der Waals surface area contributed by atoms with Crippen LogP contribution in [-0.2, 0) is 25.8 Å². The van der Waals surface area contributed by atoms with Gasteiger partial charge >= 0.3 is 6.18 Å². The Morgan fingerprint density at radius 3 is 1.49 bits per heavy atom. The number of amides is 3. The SMILES string of the molecule is Cc1cccc(C(F)(F)F)c1C(=O)NCc1ccc2c(c1)OCO2.O=C(NCc1ccc2c(c1)OCO2)c1c(F)cccc1I.O=C(NCc1ccc2c(c1)OCO2)c1ccccc1-c1ccccc1. The van der Waals surface area contributed by atoms with Gasteiger partial charge in [0.1, 0.15) is 5.82 Å². The van der Waals surface area contributed by atoms with Crippen molar-refractivity contribution in [3.8, 4) is 45.6 Å². The first-order valence-corrected chi connectivity index (χ1v) is 22.7. The minimum absolute atomic E-state index is 0.0684. The quantitative estimate of drug-likeness (QED) is 0.0901. The normalized spacial score (nSPS) is 12.4. The largest absolute Gasteiger partial charge is 0.454 e. The maximum absolute atomic E-state index is 13.7. The molecular weight excluding hydrogens is 1030 g/mol. The molecule has 70 heavy (non-hydrogen) atoms. The van der Waals surface area contributed by atoms with E-state index in [2.05, 4.69) is 16.0 Å². The summed E-state index contributed by atoms with van der Waals surface area (Å²) < 4.78 is 85.1. The van der Waals surface area contributed by atoms with E-state index in [0.29, 0.717) is 50.8 Å². The summed E-state index contributed by atoms with van der Waals surface area (Å²) in [6.07, 6.45) is -4.59. The highest BCUT2D eigenvalue weighted by atomic mass is 127. The number of alkyl halides is 3. The Labute approximate surface area is 413 Å². The first kappa shape index (κ1) is 48.6. The summed E-state index contributed by atoms with van der Waals surface area (Å²) in [4.78, 5) is 37.0. The summed E-state index contributed by atoms with van der Waals surface area (Å²) in [5.41, 5.74) is 4.18. The van der Waals surface area contributed by atoms with Gasteiger partial charge in [-0.25, -0.2) is 4.39 Å². The third-order valence-electron chi connectivity index (χ3n) is 10.9. The van der Waals surface area contributed by atoms with Crippen LogP contribution < -0.4 is 44.4 Å². The molecule has 0 aromatic heterocycles. The van der Waals surface area contributed by atoms with Crippen LogP contribution in [0.1, 0.15) is 58.9 Å². The molecule has 0 unspecified atom stereocenters. The Balaban J connectivity index is 0.000000142. The van der Waals surface area contributed by atoms with E-state index in [4.69, 9.17) is 28.4 Å². The first-order valence-electron chi connectivity index (χ1n) is 21.6. The number of fused-ring (bicyclic) bond motifs is 3. The summed E-state index contributed by atoms with van der Waals surface area (Å²) in [7, 11) is 0. The molecule has 0 saturated heterocycles. The van der Waals surface area contributed by atoms with E-state index in [-0.39, 0.29) is 49.5 Å². The van der Waals surface area contributed by atoms with Gasteiger partial charge in [-0.3, -0.25) is 14.4 Å². The molecule has 358 valence electrons. The smallest absolute Gasteiger partial charge is 0.417 e. The number of rotatable bonds is 10. The van der Waals surface area contributed by atoms with Gasteiger partial charge in [0, 0.05) is 28.8 Å². The number of benzene rings is 7. The lowest BCUT2D eigenvalue weighted by Crippen LogP contribution is -2.26. The average molecular weight is 1070 g/mol. The van der Waals surface area contributed by atoms with E-state index in [1.165, 1.54) is 25.1 Å². The molecule has 3 N–H and O–H groups in total. The lowest BCUT2D eigenvalue weighted by molar-refractivity contribution is -0.138. The van der Waals surface area contributed by atoms with Crippen molar-refractivity contribution in [2.45, 2.75) is 32.7 Å². The summed E-state index contributed by atoms with van der Waals surface area (Å²) in [6, 6.07) is 42.0. The summed E-state index contributed by atoms with van der Waals surface area (Å²) in [5.74, 6) is 2.13.